The van der Waals surface area contributed by atoms with E-state index in [1.54, 1.807) is 0 Å². The smallest absolute Gasteiger partial charge is 0.394 e. The van der Waals surface area contributed by atoms with Gasteiger partial charge in [-0.1, -0.05) is 28.4 Å². The number of hydrogen-bond acceptors (Lipinski definition) is 5. The van der Waals surface area contributed by atoms with E-state index < -0.39 is 76.6 Å². The number of fused-ring (bicyclic) bond motifs is 1. The van der Waals surface area contributed by atoms with Gasteiger partial charge in [0.15, 0.2) is 5.82 Å². The zero-order valence-electron chi connectivity index (χ0n) is 20.8. The lowest BCUT2D eigenvalue weighted by Gasteiger charge is -2.37. The quantitative estimate of drug-likeness (QED) is 0.311. The number of carbonyl (C=O) groups is 2. The third-order valence-electron chi connectivity index (χ3n) is 7.45. The molecule has 2 atom stereocenters. The van der Waals surface area contributed by atoms with Crippen LogP contribution in [0.1, 0.15) is 50.5 Å². The van der Waals surface area contributed by atoms with Gasteiger partial charge < -0.3 is 15.1 Å². The molecule has 3 heterocycles. The predicted octanol–water partition coefficient (Wildman–Crippen LogP) is 6.20. The summed E-state index contributed by atoms with van der Waals surface area (Å²) < 4.78 is 96.3. The second kappa shape index (κ2) is 10.6. The zero-order valence-corrected chi connectivity index (χ0v) is 23.1. The highest BCUT2D eigenvalue weighted by molar-refractivity contribution is 7.16. The first-order valence-electron chi connectivity index (χ1n) is 12.3. The molecule has 0 radical (unpaired) electrons. The van der Waals surface area contributed by atoms with E-state index in [4.69, 9.17) is 28.0 Å². The van der Waals surface area contributed by atoms with Gasteiger partial charge >= 0.3 is 12.4 Å². The van der Waals surface area contributed by atoms with E-state index in [0.29, 0.717) is 40.2 Å². The van der Waals surface area contributed by atoms with Crippen LogP contribution in [0.5, 0.6) is 0 Å². The summed E-state index contributed by atoms with van der Waals surface area (Å²) in [6.45, 7) is -2.53. The number of oxime groups is 1. The van der Waals surface area contributed by atoms with Crippen molar-refractivity contribution in [2.24, 2.45) is 5.16 Å². The summed E-state index contributed by atoms with van der Waals surface area (Å²) in [6.07, 6.45) is -8.72. The first-order valence-corrected chi connectivity index (χ1v) is 13.9. The predicted molar refractivity (Wildman–Crippen MR) is 136 cm³/mol. The highest BCUT2D eigenvalue weighted by Crippen LogP contribution is 2.49. The van der Waals surface area contributed by atoms with Crippen molar-refractivity contribution in [2.75, 3.05) is 19.7 Å². The minimum atomic E-state index is -4.90. The van der Waals surface area contributed by atoms with Crippen LogP contribution in [0.25, 0.3) is 0 Å². The molecule has 2 unspecified atom stereocenters. The largest absolute Gasteiger partial charge is 0.406 e. The summed E-state index contributed by atoms with van der Waals surface area (Å²) in [7, 11) is 0. The maximum atomic E-state index is 14.7. The van der Waals surface area contributed by atoms with Crippen molar-refractivity contribution < 1.29 is 45.2 Å². The SMILES string of the molecule is O=C(NC1CCN(CC(F)(F)F)C1=O)c1sc(C2=NOCC(c3cc(Cl)c(F)c(Cl)c3)(C(F)(F)F)C2)c2c1CCC2. The van der Waals surface area contributed by atoms with Gasteiger partial charge in [-0.15, -0.1) is 11.3 Å². The Morgan fingerprint density at radius 1 is 1.15 bits per heavy atom. The van der Waals surface area contributed by atoms with Crippen LogP contribution in [-0.4, -0.2) is 60.5 Å². The molecule has 2 aliphatic heterocycles. The maximum absolute atomic E-state index is 14.7. The van der Waals surface area contributed by atoms with E-state index in [-0.39, 0.29) is 23.6 Å². The lowest BCUT2D eigenvalue weighted by molar-refractivity contribution is -0.207. The van der Waals surface area contributed by atoms with E-state index >= 15 is 0 Å². The highest BCUT2D eigenvalue weighted by Gasteiger charge is 2.59. The van der Waals surface area contributed by atoms with Crippen LogP contribution < -0.4 is 5.32 Å². The third-order valence-corrected chi connectivity index (χ3v) is 9.32. The zero-order chi connectivity index (χ0) is 29.9. The molecule has 2 amide bonds. The number of thiophene rings is 1. The Morgan fingerprint density at radius 2 is 1.80 bits per heavy atom. The van der Waals surface area contributed by atoms with Gasteiger partial charge in [-0.2, -0.15) is 26.3 Å². The minimum Gasteiger partial charge on any atom is -0.394 e. The molecule has 0 bridgehead atoms. The van der Waals surface area contributed by atoms with Gasteiger partial charge in [0.05, 0.1) is 25.5 Å². The molecule has 0 saturated carbocycles. The van der Waals surface area contributed by atoms with Gasteiger partial charge in [-0.3, -0.25) is 9.59 Å². The van der Waals surface area contributed by atoms with Crippen LogP contribution >= 0.6 is 34.5 Å². The Hall–Kier alpha value is -2.58. The summed E-state index contributed by atoms with van der Waals surface area (Å²) in [4.78, 5) is 31.8. The van der Waals surface area contributed by atoms with Crippen molar-refractivity contribution >= 4 is 52.1 Å². The molecular weight excluding hydrogens is 626 g/mol. The Bertz CT molecular complexity index is 1420. The number of alkyl halides is 6. The molecule has 1 aliphatic carbocycles. The van der Waals surface area contributed by atoms with Crippen molar-refractivity contribution in [3.8, 4) is 0 Å². The van der Waals surface area contributed by atoms with Gasteiger partial charge in [0.25, 0.3) is 5.91 Å². The average Bonchev–Trinajstić information content (AvgIpc) is 3.58. The number of rotatable bonds is 5. The number of likely N-dealkylation sites (tertiary alicyclic amines) is 1. The van der Waals surface area contributed by atoms with Gasteiger partial charge in [0, 0.05) is 13.0 Å². The van der Waals surface area contributed by atoms with Crippen LogP contribution in [-0.2, 0) is 27.9 Å². The molecule has 1 aromatic carbocycles. The molecule has 222 valence electrons. The fourth-order valence-electron chi connectivity index (χ4n) is 5.43. The fraction of sp³-hybridized carbons (Fsp3) is 0.480. The van der Waals surface area contributed by atoms with E-state index in [2.05, 4.69) is 10.5 Å². The van der Waals surface area contributed by atoms with E-state index in [9.17, 15) is 40.3 Å². The van der Waals surface area contributed by atoms with Crippen molar-refractivity contribution in [3.05, 3.63) is 54.4 Å². The van der Waals surface area contributed by atoms with Crippen molar-refractivity contribution in [1.29, 1.82) is 0 Å². The number of nitrogens with one attached hydrogen (secondary N) is 1. The molecule has 1 saturated heterocycles. The molecule has 6 nitrogen and oxygen atoms in total. The van der Waals surface area contributed by atoms with Crippen LogP contribution in [0.4, 0.5) is 30.7 Å². The monoisotopic (exact) mass is 645 g/mol. The molecule has 2 aromatic rings. The van der Waals surface area contributed by atoms with Gasteiger partial charge in [0.1, 0.15) is 24.6 Å². The number of hydrogen-bond donors (Lipinski definition) is 1. The lowest BCUT2D eigenvalue weighted by Crippen LogP contribution is -2.49. The fourth-order valence-corrected chi connectivity index (χ4v) is 7.20. The lowest BCUT2D eigenvalue weighted by atomic mass is 9.75. The second-order valence-electron chi connectivity index (χ2n) is 10.1. The van der Waals surface area contributed by atoms with Gasteiger partial charge in [-0.05, 0) is 54.5 Å². The van der Waals surface area contributed by atoms with Gasteiger partial charge in [0.2, 0.25) is 5.91 Å². The summed E-state index contributed by atoms with van der Waals surface area (Å²) in [5, 5.41) is 5.20. The number of nitrogens with zero attached hydrogens (tertiary/aromatic N) is 2. The van der Waals surface area contributed by atoms with Gasteiger partial charge in [-0.25, -0.2) is 4.39 Å². The minimum absolute atomic E-state index is 0.0154. The average molecular weight is 646 g/mol. The van der Waals surface area contributed by atoms with E-state index in [0.717, 1.165) is 23.5 Å². The normalized spacial score (nSPS) is 23.0. The topological polar surface area (TPSA) is 71.0 Å². The van der Waals surface area contributed by atoms with Crippen molar-refractivity contribution in [3.63, 3.8) is 0 Å². The first kappa shape index (κ1) is 29.9. The molecular formula is C25H20Cl2F7N3O3S. The van der Waals surface area contributed by atoms with Crippen LogP contribution in [0, 0.1) is 5.82 Å². The highest BCUT2D eigenvalue weighted by atomic mass is 35.5. The Balaban J connectivity index is 1.44. The summed E-state index contributed by atoms with van der Waals surface area (Å²) >= 11 is 12.5. The standard InChI is InChI=1S/C25H20Cl2F7N3O3S/c26-14-6-11(7-15(27)18(14)28)23(25(32,33)34)8-17(36-40-10-23)19-12-2-1-3-13(12)20(41-19)21(38)35-16-4-5-37(22(16)39)9-24(29,30)31/h6-7,16H,1-5,8-10H2,(H,35,38). The van der Waals surface area contributed by atoms with Crippen LogP contribution in [0.2, 0.25) is 10.0 Å². The second-order valence-corrected chi connectivity index (χ2v) is 11.9. The van der Waals surface area contributed by atoms with E-state index in [1.807, 2.05) is 0 Å². The number of benzene rings is 1. The summed E-state index contributed by atoms with van der Waals surface area (Å²) in [5.74, 6) is -2.63. The first-order chi connectivity index (χ1) is 19.1. The molecule has 16 heteroatoms. The van der Waals surface area contributed by atoms with E-state index in [1.165, 1.54) is 0 Å². The van der Waals surface area contributed by atoms with Crippen molar-refractivity contribution in [1.82, 2.24) is 10.2 Å². The molecule has 1 fully saturated rings. The Labute approximate surface area is 242 Å². The number of carbonyl (C=O) groups excluding carboxylic acids is 2. The molecule has 0 spiro atoms. The molecule has 1 N–H and O–H groups in total. The third kappa shape index (κ3) is 5.50. The molecule has 41 heavy (non-hydrogen) atoms. The van der Waals surface area contributed by atoms with Crippen LogP contribution in [0.15, 0.2) is 17.3 Å². The van der Waals surface area contributed by atoms with Crippen LogP contribution in [0.3, 0.4) is 0 Å². The summed E-state index contributed by atoms with van der Waals surface area (Å²) in [5.41, 5.74) is -1.98. The Morgan fingerprint density at radius 3 is 2.44 bits per heavy atom. The number of halogens is 9. The molecule has 3 aliphatic rings. The number of amides is 2. The van der Waals surface area contributed by atoms with Crippen molar-refractivity contribution in [2.45, 2.75) is 55.9 Å². The maximum Gasteiger partial charge on any atom is 0.406 e. The Kier molecular flexibility index (Phi) is 7.73. The molecule has 5 rings (SSSR count). The summed E-state index contributed by atoms with van der Waals surface area (Å²) in [6, 6.07) is 0.538. The molecule has 1 aromatic heterocycles.